The second kappa shape index (κ2) is 7.23. The van der Waals surface area contributed by atoms with Gasteiger partial charge in [0.05, 0.1) is 17.9 Å². The van der Waals surface area contributed by atoms with Crippen LogP contribution in [0.3, 0.4) is 0 Å². The average Bonchev–Trinajstić information content (AvgIpc) is 2.89. The van der Waals surface area contributed by atoms with Crippen LogP contribution in [-0.4, -0.2) is 38.9 Å². The van der Waals surface area contributed by atoms with Crippen LogP contribution in [0, 0.1) is 0 Å². The topological polar surface area (TPSA) is 77.0 Å². The van der Waals surface area contributed by atoms with Gasteiger partial charge in [0, 0.05) is 13.1 Å². The highest BCUT2D eigenvalue weighted by Crippen LogP contribution is 2.15. The Hall–Kier alpha value is -1.43. The molecule has 108 valence electrons. The Bertz CT molecular complexity index is 399. The maximum atomic E-state index is 12.2. The molecule has 1 heterocycles. The summed E-state index contributed by atoms with van der Waals surface area (Å²) in [6.07, 6.45) is 3.66. The van der Waals surface area contributed by atoms with Gasteiger partial charge in [-0.15, -0.1) is 5.10 Å². The first-order valence-corrected chi connectivity index (χ1v) is 7.01. The summed E-state index contributed by atoms with van der Waals surface area (Å²) in [7, 11) is 0. The molecule has 0 bridgehead atoms. The van der Waals surface area contributed by atoms with Gasteiger partial charge in [0.25, 0.3) is 0 Å². The summed E-state index contributed by atoms with van der Waals surface area (Å²) in [5.41, 5.74) is 6.75. The summed E-state index contributed by atoms with van der Waals surface area (Å²) in [6, 6.07) is -0.440. The van der Waals surface area contributed by atoms with E-state index in [9.17, 15) is 4.79 Å². The van der Waals surface area contributed by atoms with Crippen LogP contribution in [0.5, 0.6) is 0 Å². The fourth-order valence-corrected chi connectivity index (χ4v) is 2.02. The molecule has 19 heavy (non-hydrogen) atoms. The lowest BCUT2D eigenvalue weighted by molar-refractivity contribution is -0.134. The third kappa shape index (κ3) is 3.76. The van der Waals surface area contributed by atoms with Crippen LogP contribution in [0.1, 0.15) is 58.3 Å². The molecule has 0 radical (unpaired) electrons. The van der Waals surface area contributed by atoms with Crippen LogP contribution in [0.15, 0.2) is 6.20 Å². The monoisotopic (exact) mass is 267 g/mol. The van der Waals surface area contributed by atoms with Crippen molar-refractivity contribution in [1.29, 1.82) is 0 Å². The maximum absolute atomic E-state index is 12.2. The van der Waals surface area contributed by atoms with Crippen LogP contribution in [-0.2, 0) is 4.79 Å². The van der Waals surface area contributed by atoms with Gasteiger partial charge < -0.3 is 10.6 Å². The molecule has 2 unspecified atom stereocenters. The van der Waals surface area contributed by atoms with Crippen LogP contribution in [0.2, 0.25) is 0 Å². The average molecular weight is 267 g/mol. The molecule has 6 heteroatoms. The first-order chi connectivity index (χ1) is 9.04. The van der Waals surface area contributed by atoms with E-state index in [-0.39, 0.29) is 18.0 Å². The second-order valence-electron chi connectivity index (χ2n) is 4.71. The minimum Gasteiger partial charge on any atom is -0.341 e. The van der Waals surface area contributed by atoms with E-state index in [0.29, 0.717) is 13.1 Å². The van der Waals surface area contributed by atoms with E-state index in [2.05, 4.69) is 17.2 Å². The number of aromatic nitrogens is 3. The van der Waals surface area contributed by atoms with Crippen LogP contribution >= 0.6 is 0 Å². The molecule has 0 aliphatic rings. The number of hydrogen-bond donors (Lipinski definition) is 1. The standard InChI is InChI=1S/C13H25N5O/c1-5-8-11(14)12-9-18(16-15-12)10(4)13(19)17(6-2)7-3/h9-11H,5-8,14H2,1-4H3. The lowest BCUT2D eigenvalue weighted by Crippen LogP contribution is -2.36. The van der Waals surface area contributed by atoms with Gasteiger partial charge in [-0.25, -0.2) is 4.68 Å². The van der Waals surface area contributed by atoms with Crippen molar-refractivity contribution in [1.82, 2.24) is 19.9 Å². The van der Waals surface area contributed by atoms with Crippen molar-refractivity contribution < 1.29 is 4.79 Å². The van der Waals surface area contributed by atoms with E-state index < -0.39 is 0 Å². The predicted octanol–water partition coefficient (Wildman–Crippen LogP) is 1.51. The smallest absolute Gasteiger partial charge is 0.247 e. The lowest BCUT2D eigenvalue weighted by Gasteiger charge is -2.22. The van der Waals surface area contributed by atoms with Gasteiger partial charge >= 0.3 is 0 Å². The summed E-state index contributed by atoms with van der Waals surface area (Å²) in [5, 5.41) is 8.10. The van der Waals surface area contributed by atoms with Gasteiger partial charge in [-0.1, -0.05) is 18.6 Å². The number of hydrogen-bond acceptors (Lipinski definition) is 4. The van der Waals surface area contributed by atoms with Gasteiger partial charge in [0.15, 0.2) is 0 Å². The van der Waals surface area contributed by atoms with Gasteiger partial charge in [-0.2, -0.15) is 0 Å². The Labute approximate surface area is 115 Å². The zero-order chi connectivity index (χ0) is 14.4. The van der Waals surface area contributed by atoms with E-state index in [1.54, 1.807) is 15.8 Å². The SMILES string of the molecule is CCCC(N)c1cn(C(C)C(=O)N(CC)CC)nn1. The molecule has 0 saturated carbocycles. The summed E-state index contributed by atoms with van der Waals surface area (Å²) < 4.78 is 1.60. The van der Waals surface area contributed by atoms with Gasteiger partial charge in [0.1, 0.15) is 6.04 Å². The van der Waals surface area contributed by atoms with Crippen molar-refractivity contribution >= 4 is 5.91 Å². The minimum atomic E-state index is -0.338. The predicted molar refractivity (Wildman–Crippen MR) is 74.5 cm³/mol. The minimum absolute atomic E-state index is 0.0607. The van der Waals surface area contributed by atoms with Gasteiger partial charge in [-0.05, 0) is 27.2 Å². The summed E-state index contributed by atoms with van der Waals surface area (Å²) in [5.74, 6) is 0.0607. The zero-order valence-electron chi connectivity index (χ0n) is 12.3. The molecule has 0 aromatic carbocycles. The first kappa shape index (κ1) is 15.6. The summed E-state index contributed by atoms with van der Waals surface area (Å²) in [4.78, 5) is 14.0. The maximum Gasteiger partial charge on any atom is 0.247 e. The summed E-state index contributed by atoms with van der Waals surface area (Å²) >= 11 is 0. The van der Waals surface area contributed by atoms with Gasteiger partial charge in [-0.3, -0.25) is 4.79 Å². The van der Waals surface area contributed by atoms with Crippen molar-refractivity contribution in [3.05, 3.63) is 11.9 Å². The zero-order valence-corrected chi connectivity index (χ0v) is 12.3. The van der Waals surface area contributed by atoms with E-state index in [1.807, 2.05) is 20.8 Å². The van der Waals surface area contributed by atoms with Crippen molar-refractivity contribution in [3.8, 4) is 0 Å². The molecule has 0 aliphatic carbocycles. The Morgan fingerprint density at radius 1 is 1.42 bits per heavy atom. The normalized spacial score (nSPS) is 14.2. The molecule has 2 atom stereocenters. The number of nitrogens with two attached hydrogens (primary N) is 1. The molecular weight excluding hydrogens is 242 g/mol. The van der Waals surface area contributed by atoms with E-state index in [0.717, 1.165) is 18.5 Å². The van der Waals surface area contributed by atoms with Crippen LogP contribution < -0.4 is 5.73 Å². The second-order valence-corrected chi connectivity index (χ2v) is 4.71. The molecule has 0 spiro atoms. The van der Waals surface area contributed by atoms with E-state index in [1.165, 1.54) is 0 Å². The van der Waals surface area contributed by atoms with E-state index >= 15 is 0 Å². The largest absolute Gasteiger partial charge is 0.341 e. The third-order valence-corrected chi connectivity index (χ3v) is 3.34. The summed E-state index contributed by atoms with van der Waals surface area (Å²) in [6.45, 7) is 9.27. The van der Waals surface area contributed by atoms with Crippen molar-refractivity contribution in [2.75, 3.05) is 13.1 Å². The van der Waals surface area contributed by atoms with Crippen LogP contribution in [0.25, 0.3) is 0 Å². The fraction of sp³-hybridized carbons (Fsp3) is 0.769. The number of likely N-dealkylation sites (N-methyl/N-ethyl adjacent to an activating group) is 1. The highest BCUT2D eigenvalue weighted by atomic mass is 16.2. The fourth-order valence-electron chi connectivity index (χ4n) is 2.02. The molecule has 1 rings (SSSR count). The van der Waals surface area contributed by atoms with Crippen molar-refractivity contribution in [2.45, 2.75) is 52.6 Å². The molecule has 2 N–H and O–H groups in total. The first-order valence-electron chi connectivity index (χ1n) is 7.01. The quantitative estimate of drug-likeness (QED) is 0.812. The molecule has 0 aliphatic heterocycles. The lowest BCUT2D eigenvalue weighted by atomic mass is 10.1. The number of amides is 1. The van der Waals surface area contributed by atoms with Crippen LogP contribution in [0.4, 0.5) is 0 Å². The van der Waals surface area contributed by atoms with Gasteiger partial charge in [0.2, 0.25) is 5.91 Å². The molecular formula is C13H25N5O. The van der Waals surface area contributed by atoms with Crippen molar-refractivity contribution in [2.24, 2.45) is 5.73 Å². The molecule has 1 aromatic rings. The molecule has 0 fully saturated rings. The Balaban J connectivity index is 2.77. The highest BCUT2D eigenvalue weighted by molar-refractivity contribution is 5.79. The Morgan fingerprint density at radius 3 is 2.58 bits per heavy atom. The highest BCUT2D eigenvalue weighted by Gasteiger charge is 2.21. The number of rotatable bonds is 7. The number of nitrogens with zero attached hydrogens (tertiary/aromatic N) is 4. The Morgan fingerprint density at radius 2 is 2.05 bits per heavy atom. The number of carbonyl (C=O) groups excluding carboxylic acids is 1. The van der Waals surface area contributed by atoms with E-state index in [4.69, 9.17) is 5.73 Å². The number of carbonyl (C=O) groups is 1. The third-order valence-electron chi connectivity index (χ3n) is 3.34. The molecule has 1 amide bonds. The molecule has 6 nitrogen and oxygen atoms in total. The Kier molecular flexibility index (Phi) is 5.95. The molecule has 1 aromatic heterocycles. The van der Waals surface area contributed by atoms with Crippen molar-refractivity contribution in [3.63, 3.8) is 0 Å². The molecule has 0 saturated heterocycles.